The fourth-order valence-electron chi connectivity index (χ4n) is 5.29. The monoisotopic (exact) mass is 508 g/mol. The number of aryl methyl sites for hydroxylation is 1. The van der Waals surface area contributed by atoms with Crippen LogP contribution in [0.1, 0.15) is 53.8 Å². The zero-order valence-corrected chi connectivity index (χ0v) is 22.8. The molecule has 2 aromatic heterocycles. The Hall–Kier alpha value is -2.87. The van der Waals surface area contributed by atoms with Crippen molar-refractivity contribution in [3.63, 3.8) is 0 Å². The average molecular weight is 509 g/mol. The van der Waals surface area contributed by atoms with E-state index in [0.29, 0.717) is 36.1 Å². The van der Waals surface area contributed by atoms with E-state index < -0.39 is 0 Å². The minimum atomic E-state index is 0.00193. The van der Waals surface area contributed by atoms with E-state index in [1.807, 2.05) is 16.2 Å². The second-order valence-corrected chi connectivity index (χ2v) is 11.6. The molecule has 1 aliphatic carbocycles. The van der Waals surface area contributed by atoms with E-state index in [1.165, 1.54) is 22.2 Å². The molecule has 1 aliphatic heterocycles. The van der Waals surface area contributed by atoms with Gasteiger partial charge in [0.05, 0.1) is 19.6 Å². The van der Waals surface area contributed by atoms with Gasteiger partial charge in [0, 0.05) is 49.1 Å². The van der Waals surface area contributed by atoms with Gasteiger partial charge in [-0.3, -0.25) is 4.79 Å². The van der Waals surface area contributed by atoms with Crippen molar-refractivity contribution < 1.29 is 14.3 Å². The first-order valence-corrected chi connectivity index (χ1v) is 13.8. The Bertz CT molecular complexity index is 1240. The average Bonchev–Trinajstić information content (AvgIpc) is 3.24. The molecular formula is C28H36N4O3S. The molecule has 192 valence electrons. The van der Waals surface area contributed by atoms with Crippen LogP contribution in [0.5, 0.6) is 11.5 Å². The molecule has 36 heavy (non-hydrogen) atoms. The van der Waals surface area contributed by atoms with E-state index in [4.69, 9.17) is 19.4 Å². The molecule has 5 rings (SSSR count). The van der Waals surface area contributed by atoms with E-state index in [2.05, 4.69) is 25.7 Å². The summed E-state index contributed by atoms with van der Waals surface area (Å²) < 4.78 is 10.7. The molecule has 1 aromatic carbocycles. The maximum Gasteiger partial charge on any atom is 0.254 e. The molecular weight excluding hydrogens is 472 g/mol. The van der Waals surface area contributed by atoms with E-state index in [9.17, 15) is 4.79 Å². The number of anilines is 1. The standard InChI is InChI=1S/C28H36N4O3S/c1-17(2)12-24-29-26(25-22-7-6-18(3)13-23(22)36-27(25)30-24)31-8-10-32(11-9-31)28(33)19-14-20(34-4)16-21(15-19)35-5/h14-18H,6-13H2,1-5H3. The van der Waals surface area contributed by atoms with Crippen LogP contribution in [-0.2, 0) is 19.3 Å². The van der Waals surface area contributed by atoms with E-state index >= 15 is 0 Å². The maximum atomic E-state index is 13.3. The summed E-state index contributed by atoms with van der Waals surface area (Å²) in [6.07, 6.45) is 4.34. The summed E-state index contributed by atoms with van der Waals surface area (Å²) in [7, 11) is 3.20. The number of methoxy groups -OCH3 is 2. The van der Waals surface area contributed by atoms with E-state index in [-0.39, 0.29) is 5.91 Å². The molecule has 0 spiro atoms. The first-order valence-electron chi connectivity index (χ1n) is 12.9. The highest BCUT2D eigenvalue weighted by atomic mass is 32.1. The van der Waals surface area contributed by atoms with Gasteiger partial charge >= 0.3 is 0 Å². The van der Waals surface area contributed by atoms with Gasteiger partial charge in [0.1, 0.15) is 28.0 Å². The maximum absolute atomic E-state index is 13.3. The van der Waals surface area contributed by atoms with Crippen LogP contribution in [0, 0.1) is 11.8 Å². The molecule has 1 atom stereocenters. The van der Waals surface area contributed by atoms with Crippen LogP contribution >= 0.6 is 11.3 Å². The van der Waals surface area contributed by atoms with Crippen LogP contribution < -0.4 is 14.4 Å². The number of piperazine rings is 1. The molecule has 1 fully saturated rings. The van der Waals surface area contributed by atoms with Crippen molar-refractivity contribution in [2.75, 3.05) is 45.3 Å². The van der Waals surface area contributed by atoms with Crippen LogP contribution in [0.25, 0.3) is 10.2 Å². The number of ether oxygens (including phenoxy) is 2. The summed E-state index contributed by atoms with van der Waals surface area (Å²) in [5.41, 5.74) is 2.05. The molecule has 7 nitrogen and oxygen atoms in total. The van der Waals surface area contributed by atoms with Crippen LogP contribution in [0.3, 0.4) is 0 Å². The number of carbonyl (C=O) groups excluding carboxylic acids is 1. The Labute approximate surface area is 217 Å². The summed E-state index contributed by atoms with van der Waals surface area (Å²) in [6, 6.07) is 5.34. The Morgan fingerprint density at radius 2 is 1.78 bits per heavy atom. The highest BCUT2D eigenvalue weighted by Gasteiger charge is 2.29. The third-order valence-electron chi connectivity index (χ3n) is 7.24. The molecule has 0 saturated carbocycles. The second-order valence-electron chi connectivity index (χ2n) is 10.5. The number of amides is 1. The van der Waals surface area contributed by atoms with Crippen molar-refractivity contribution in [1.29, 1.82) is 0 Å². The lowest BCUT2D eigenvalue weighted by Crippen LogP contribution is -2.49. The van der Waals surface area contributed by atoms with Crippen molar-refractivity contribution in [2.45, 2.75) is 46.5 Å². The fraction of sp³-hybridized carbons (Fsp3) is 0.536. The number of hydrogen-bond acceptors (Lipinski definition) is 7. The Balaban J connectivity index is 1.41. The molecule has 8 heteroatoms. The summed E-state index contributed by atoms with van der Waals surface area (Å²) in [6.45, 7) is 9.57. The van der Waals surface area contributed by atoms with E-state index in [0.717, 1.165) is 54.7 Å². The Morgan fingerprint density at radius 1 is 1.08 bits per heavy atom. The number of rotatable bonds is 6. The van der Waals surface area contributed by atoms with Crippen molar-refractivity contribution in [2.24, 2.45) is 11.8 Å². The minimum Gasteiger partial charge on any atom is -0.497 e. The molecule has 0 N–H and O–H groups in total. The quantitative estimate of drug-likeness (QED) is 0.467. The van der Waals surface area contributed by atoms with Gasteiger partial charge in [-0.1, -0.05) is 20.8 Å². The summed E-state index contributed by atoms with van der Waals surface area (Å²) in [5, 5.41) is 1.26. The Morgan fingerprint density at radius 3 is 2.42 bits per heavy atom. The lowest BCUT2D eigenvalue weighted by Gasteiger charge is -2.36. The van der Waals surface area contributed by atoms with E-state index in [1.54, 1.807) is 32.4 Å². The van der Waals surface area contributed by atoms with Crippen molar-refractivity contribution >= 4 is 33.3 Å². The third-order valence-corrected chi connectivity index (χ3v) is 8.39. The van der Waals surface area contributed by atoms with Gasteiger partial charge in [0.15, 0.2) is 0 Å². The molecule has 0 radical (unpaired) electrons. The van der Waals surface area contributed by atoms with Crippen LogP contribution in [0.4, 0.5) is 5.82 Å². The summed E-state index contributed by atoms with van der Waals surface area (Å²) in [4.78, 5) is 30.4. The lowest BCUT2D eigenvalue weighted by atomic mass is 9.89. The fourth-order valence-corrected chi connectivity index (χ4v) is 6.68. The lowest BCUT2D eigenvalue weighted by molar-refractivity contribution is 0.0746. The first-order chi connectivity index (χ1) is 17.4. The van der Waals surface area contributed by atoms with Gasteiger partial charge < -0.3 is 19.3 Å². The predicted molar refractivity (Wildman–Crippen MR) is 145 cm³/mol. The highest BCUT2D eigenvalue weighted by molar-refractivity contribution is 7.19. The molecule has 2 aliphatic rings. The van der Waals surface area contributed by atoms with Gasteiger partial charge in [-0.2, -0.15) is 0 Å². The SMILES string of the molecule is COc1cc(OC)cc(C(=O)N2CCN(c3nc(CC(C)C)nc4sc5c(c34)CCC(C)C5)CC2)c1. The predicted octanol–water partition coefficient (Wildman–Crippen LogP) is 4.99. The van der Waals surface area contributed by atoms with Gasteiger partial charge in [-0.05, 0) is 48.8 Å². The first kappa shape index (κ1) is 24.8. The molecule has 1 amide bonds. The second kappa shape index (κ2) is 10.2. The molecule has 1 saturated heterocycles. The Kier molecular flexibility index (Phi) is 7.06. The third kappa shape index (κ3) is 4.88. The number of carbonyl (C=O) groups is 1. The van der Waals surface area contributed by atoms with Crippen LogP contribution in [-0.4, -0.2) is 61.2 Å². The van der Waals surface area contributed by atoms with Gasteiger partial charge in [0.2, 0.25) is 0 Å². The number of benzene rings is 1. The van der Waals surface area contributed by atoms with Crippen molar-refractivity contribution in [3.05, 3.63) is 40.0 Å². The van der Waals surface area contributed by atoms with Crippen molar-refractivity contribution in [3.8, 4) is 11.5 Å². The van der Waals surface area contributed by atoms with Gasteiger partial charge in [-0.15, -0.1) is 11.3 Å². The van der Waals surface area contributed by atoms with Crippen LogP contribution in [0.15, 0.2) is 18.2 Å². The zero-order valence-electron chi connectivity index (χ0n) is 22.0. The number of fused-ring (bicyclic) bond motifs is 3. The van der Waals surface area contributed by atoms with Crippen molar-refractivity contribution in [1.82, 2.24) is 14.9 Å². The van der Waals surface area contributed by atoms with Gasteiger partial charge in [-0.25, -0.2) is 9.97 Å². The smallest absolute Gasteiger partial charge is 0.254 e. The number of aromatic nitrogens is 2. The molecule has 0 bridgehead atoms. The normalized spacial score (nSPS) is 18.0. The van der Waals surface area contributed by atoms with Gasteiger partial charge in [0.25, 0.3) is 5.91 Å². The topological polar surface area (TPSA) is 67.8 Å². The molecule has 3 aromatic rings. The minimum absolute atomic E-state index is 0.00193. The molecule has 1 unspecified atom stereocenters. The number of hydrogen-bond donors (Lipinski definition) is 0. The number of thiophene rings is 1. The zero-order chi connectivity index (χ0) is 25.4. The summed E-state index contributed by atoms with van der Waals surface area (Å²) in [5.74, 6) is 4.46. The van der Waals surface area contributed by atoms with Crippen LogP contribution in [0.2, 0.25) is 0 Å². The largest absolute Gasteiger partial charge is 0.497 e. The highest BCUT2D eigenvalue weighted by Crippen LogP contribution is 2.41. The molecule has 3 heterocycles. The number of nitrogens with zero attached hydrogens (tertiary/aromatic N) is 4. The summed E-state index contributed by atoms with van der Waals surface area (Å²) >= 11 is 1.87.